The Hall–Kier alpha value is -4.38. The van der Waals surface area contributed by atoms with E-state index in [4.69, 9.17) is 4.74 Å². The van der Waals surface area contributed by atoms with Gasteiger partial charge in [0.2, 0.25) is 0 Å². The van der Waals surface area contributed by atoms with Crippen molar-refractivity contribution in [1.29, 1.82) is 0 Å². The minimum absolute atomic E-state index is 0.321. The Labute approximate surface area is 206 Å². The van der Waals surface area contributed by atoms with Gasteiger partial charge in [0.25, 0.3) is 0 Å². The van der Waals surface area contributed by atoms with E-state index in [0.717, 1.165) is 41.1 Å². The number of aryl methyl sites for hydroxylation is 2. The van der Waals surface area contributed by atoms with Crippen molar-refractivity contribution in [3.8, 4) is 11.5 Å². The van der Waals surface area contributed by atoms with Gasteiger partial charge in [-0.3, -0.25) is 0 Å². The van der Waals surface area contributed by atoms with Crippen LogP contribution in [-0.4, -0.2) is 56.1 Å². The molecular formula is C25H24FN9O. The number of hydrogen-bond donors (Lipinski definition) is 2. The van der Waals surface area contributed by atoms with E-state index in [0.29, 0.717) is 41.5 Å². The lowest BCUT2D eigenvalue weighted by atomic mass is 10.2. The van der Waals surface area contributed by atoms with E-state index in [1.807, 2.05) is 55.3 Å². The molecule has 1 aliphatic heterocycles. The third-order valence-electron chi connectivity index (χ3n) is 6.21. The van der Waals surface area contributed by atoms with Crippen LogP contribution in [0.25, 0.3) is 22.1 Å². The first-order chi connectivity index (χ1) is 17.5. The van der Waals surface area contributed by atoms with Crippen LogP contribution in [0.2, 0.25) is 0 Å². The number of piperazine rings is 1. The van der Waals surface area contributed by atoms with Crippen molar-refractivity contribution >= 4 is 39.4 Å². The number of anilines is 3. The molecule has 10 nitrogen and oxygen atoms in total. The summed E-state index contributed by atoms with van der Waals surface area (Å²) in [6.07, 6.45) is 1.41. The third kappa shape index (κ3) is 4.13. The quantitative estimate of drug-likeness (QED) is 0.385. The molecule has 11 heteroatoms. The van der Waals surface area contributed by atoms with Crippen molar-refractivity contribution in [2.24, 2.45) is 7.05 Å². The standard InChI is InChI=1S/C25H24FN9O/c1-15-11-16(3-6-22(15)36-17-4-5-21-19(12-17)32-33-34(21)2)30-24-23-20(28-14-29-24)13-18(26)25(31-23)35-9-7-27-8-10-35/h3-6,11-14,27H,7-10H2,1-2H3,(H,28,29,30). The number of halogens is 1. The highest BCUT2D eigenvalue weighted by Gasteiger charge is 2.19. The van der Waals surface area contributed by atoms with Crippen molar-refractivity contribution in [2.75, 3.05) is 36.4 Å². The highest BCUT2D eigenvalue weighted by atomic mass is 19.1. The van der Waals surface area contributed by atoms with Crippen LogP contribution in [0.1, 0.15) is 5.56 Å². The number of nitrogens with zero attached hydrogens (tertiary/aromatic N) is 7. The summed E-state index contributed by atoms with van der Waals surface area (Å²) >= 11 is 0. The van der Waals surface area contributed by atoms with Crippen molar-refractivity contribution in [3.05, 3.63) is 60.2 Å². The smallest absolute Gasteiger partial charge is 0.167 e. The fraction of sp³-hybridized carbons (Fsp3) is 0.240. The topological polar surface area (TPSA) is 106 Å². The molecule has 0 aliphatic carbocycles. The summed E-state index contributed by atoms with van der Waals surface area (Å²) in [4.78, 5) is 15.2. The van der Waals surface area contributed by atoms with E-state index in [-0.39, 0.29) is 5.82 Å². The minimum Gasteiger partial charge on any atom is -0.457 e. The van der Waals surface area contributed by atoms with Crippen molar-refractivity contribution in [2.45, 2.75) is 6.92 Å². The number of pyridine rings is 1. The number of ether oxygens (including phenoxy) is 1. The zero-order valence-electron chi connectivity index (χ0n) is 19.9. The molecular weight excluding hydrogens is 461 g/mol. The Morgan fingerprint density at radius 1 is 1.03 bits per heavy atom. The Kier molecular flexibility index (Phi) is 5.53. The van der Waals surface area contributed by atoms with Gasteiger partial charge in [0.05, 0.1) is 11.0 Å². The van der Waals surface area contributed by atoms with Gasteiger partial charge in [0, 0.05) is 51.0 Å². The molecule has 5 aromatic rings. The molecule has 3 aromatic heterocycles. The second-order valence-corrected chi connectivity index (χ2v) is 8.69. The lowest BCUT2D eigenvalue weighted by molar-refractivity contribution is 0.479. The van der Waals surface area contributed by atoms with Crippen molar-refractivity contribution in [3.63, 3.8) is 0 Å². The number of hydrogen-bond acceptors (Lipinski definition) is 9. The summed E-state index contributed by atoms with van der Waals surface area (Å²) < 4.78 is 22.6. The highest BCUT2D eigenvalue weighted by molar-refractivity contribution is 5.88. The summed E-state index contributed by atoms with van der Waals surface area (Å²) in [6, 6.07) is 12.9. The first-order valence-corrected chi connectivity index (χ1v) is 11.7. The molecule has 0 bridgehead atoms. The molecule has 1 aliphatic rings. The molecule has 1 saturated heterocycles. The van der Waals surface area contributed by atoms with Crippen LogP contribution in [0.15, 0.2) is 48.8 Å². The van der Waals surface area contributed by atoms with Gasteiger partial charge < -0.3 is 20.3 Å². The molecule has 2 aromatic carbocycles. The van der Waals surface area contributed by atoms with Gasteiger partial charge in [-0.05, 0) is 42.8 Å². The van der Waals surface area contributed by atoms with Crippen molar-refractivity contribution in [1.82, 2.24) is 35.3 Å². The molecule has 6 rings (SSSR count). The average Bonchev–Trinajstić information content (AvgIpc) is 3.26. The zero-order chi connectivity index (χ0) is 24.6. The normalized spacial score (nSPS) is 13.9. The Bertz CT molecular complexity index is 1580. The molecule has 0 spiro atoms. The van der Waals surface area contributed by atoms with Gasteiger partial charge in [0.1, 0.15) is 28.9 Å². The first kappa shape index (κ1) is 22.1. The highest BCUT2D eigenvalue weighted by Crippen LogP contribution is 2.31. The van der Waals surface area contributed by atoms with E-state index in [1.54, 1.807) is 4.68 Å². The van der Waals surface area contributed by atoms with E-state index in [1.165, 1.54) is 12.4 Å². The van der Waals surface area contributed by atoms with Crippen LogP contribution in [0, 0.1) is 12.7 Å². The maximum absolute atomic E-state index is 14.8. The number of aromatic nitrogens is 6. The van der Waals surface area contributed by atoms with Gasteiger partial charge >= 0.3 is 0 Å². The number of nitrogens with one attached hydrogen (secondary N) is 2. The van der Waals surface area contributed by atoms with Crippen LogP contribution >= 0.6 is 0 Å². The largest absolute Gasteiger partial charge is 0.457 e. The Balaban J connectivity index is 1.27. The molecule has 4 heterocycles. The van der Waals surface area contributed by atoms with Gasteiger partial charge in [-0.2, -0.15) is 0 Å². The molecule has 0 radical (unpaired) electrons. The number of fused-ring (bicyclic) bond motifs is 2. The lowest BCUT2D eigenvalue weighted by Gasteiger charge is -2.28. The summed E-state index contributed by atoms with van der Waals surface area (Å²) in [5.74, 6) is 1.85. The van der Waals surface area contributed by atoms with Gasteiger partial charge in [0.15, 0.2) is 17.5 Å². The second kappa shape index (κ2) is 9.00. The molecule has 2 N–H and O–H groups in total. The maximum Gasteiger partial charge on any atom is 0.167 e. The molecule has 182 valence electrons. The van der Waals surface area contributed by atoms with Gasteiger partial charge in [-0.15, -0.1) is 5.10 Å². The molecule has 36 heavy (non-hydrogen) atoms. The summed E-state index contributed by atoms with van der Waals surface area (Å²) in [5.41, 5.74) is 4.40. The Morgan fingerprint density at radius 3 is 2.72 bits per heavy atom. The second-order valence-electron chi connectivity index (χ2n) is 8.69. The van der Waals surface area contributed by atoms with Crippen LogP contribution < -0.4 is 20.3 Å². The fourth-order valence-electron chi connectivity index (χ4n) is 4.33. The van der Waals surface area contributed by atoms with E-state index >= 15 is 0 Å². The molecule has 0 atom stereocenters. The number of benzene rings is 2. The summed E-state index contributed by atoms with van der Waals surface area (Å²) in [6.45, 7) is 4.92. The summed E-state index contributed by atoms with van der Waals surface area (Å²) in [5, 5.41) is 14.8. The predicted octanol–water partition coefficient (Wildman–Crippen LogP) is 3.70. The average molecular weight is 486 g/mol. The van der Waals surface area contributed by atoms with Crippen LogP contribution in [0.4, 0.5) is 21.7 Å². The predicted molar refractivity (Wildman–Crippen MR) is 135 cm³/mol. The fourth-order valence-corrected chi connectivity index (χ4v) is 4.33. The first-order valence-electron chi connectivity index (χ1n) is 11.7. The minimum atomic E-state index is -0.383. The zero-order valence-corrected chi connectivity index (χ0v) is 19.9. The molecule has 0 amide bonds. The van der Waals surface area contributed by atoms with Crippen LogP contribution in [-0.2, 0) is 7.05 Å². The Morgan fingerprint density at radius 2 is 1.89 bits per heavy atom. The van der Waals surface area contributed by atoms with Crippen LogP contribution in [0.3, 0.4) is 0 Å². The summed E-state index contributed by atoms with van der Waals surface area (Å²) in [7, 11) is 1.85. The van der Waals surface area contributed by atoms with E-state index in [2.05, 4.69) is 35.9 Å². The van der Waals surface area contributed by atoms with Crippen LogP contribution in [0.5, 0.6) is 11.5 Å². The SMILES string of the molecule is Cc1cc(Nc2ncnc3cc(F)c(N4CCNCC4)nc23)ccc1Oc1ccc2c(c1)nnn2C. The third-order valence-corrected chi connectivity index (χ3v) is 6.21. The van der Waals surface area contributed by atoms with E-state index < -0.39 is 0 Å². The molecule has 1 fully saturated rings. The van der Waals surface area contributed by atoms with Gasteiger partial charge in [-0.25, -0.2) is 24.0 Å². The van der Waals surface area contributed by atoms with Crippen molar-refractivity contribution < 1.29 is 9.13 Å². The number of rotatable bonds is 5. The lowest BCUT2D eigenvalue weighted by Crippen LogP contribution is -2.44. The molecule has 0 saturated carbocycles. The van der Waals surface area contributed by atoms with E-state index in [9.17, 15) is 4.39 Å². The van der Waals surface area contributed by atoms with Gasteiger partial charge in [-0.1, -0.05) is 5.21 Å². The molecule has 0 unspecified atom stereocenters. The maximum atomic E-state index is 14.8. The monoisotopic (exact) mass is 485 g/mol.